The van der Waals surface area contributed by atoms with Crippen molar-refractivity contribution in [2.45, 2.75) is 96.3 Å². The molecule has 0 bridgehead atoms. The predicted octanol–water partition coefficient (Wildman–Crippen LogP) is 17.5. The third-order valence-corrected chi connectivity index (χ3v) is 23.9. The Balaban J connectivity index is 1.22. The highest BCUT2D eigenvalue weighted by Gasteiger charge is 2.59. The van der Waals surface area contributed by atoms with Crippen molar-refractivity contribution in [2.75, 3.05) is 9.80 Å². The van der Waals surface area contributed by atoms with E-state index in [9.17, 15) is 0 Å². The molecule has 0 heterocycles. The second-order valence-corrected chi connectivity index (χ2v) is 33.0. The number of hydrogen-bond donors (Lipinski definition) is 0. The Morgan fingerprint density at radius 3 is 0.968 bits per heavy atom. The van der Waals surface area contributed by atoms with Gasteiger partial charge in [-0.1, -0.05) is 166 Å². The molecule has 2 nitrogen and oxygen atoms in total. The summed E-state index contributed by atoms with van der Waals surface area (Å²) in [7, 11) is -3.94. The summed E-state index contributed by atoms with van der Waals surface area (Å²) in [5.74, 6) is 0. The zero-order chi connectivity index (χ0) is 44.7. The molecule has 8 aromatic carbocycles. The maximum absolute atomic E-state index is 2.63. The van der Waals surface area contributed by atoms with E-state index in [2.05, 4.69) is 260 Å². The quantitative estimate of drug-likeness (QED) is 0.141. The molecule has 63 heavy (non-hydrogen) atoms. The first-order chi connectivity index (χ1) is 29.8. The lowest BCUT2D eigenvalue weighted by Crippen LogP contribution is -2.63. The van der Waals surface area contributed by atoms with E-state index in [0.29, 0.717) is 0 Å². The van der Waals surface area contributed by atoms with E-state index < -0.39 is 16.1 Å². The highest BCUT2D eigenvalue weighted by atomic mass is 28.4. The molecule has 0 aromatic heterocycles. The molecule has 0 spiro atoms. The zero-order valence-corrected chi connectivity index (χ0v) is 41.6. The maximum Gasteiger partial charge on any atom is 0.0579 e. The van der Waals surface area contributed by atoms with Gasteiger partial charge in [-0.15, -0.1) is 0 Å². The zero-order valence-electron chi connectivity index (χ0n) is 39.6. The SMILES string of the molecule is CC(C)(C)c1ccc(N(c2ccccc2)c2ccc3cc4c(cc3c2)C([Si](C)(C)C)([Si](C)(C)C)c2cc3cc(N(c5ccccc5)c5ccc(C(C)(C)C)cc5)ccc3cc2-4)cc1. The van der Waals surface area contributed by atoms with Gasteiger partial charge in [-0.2, -0.15) is 0 Å². The molecular formula is C59H64N2Si2. The van der Waals surface area contributed by atoms with Crippen LogP contribution in [0.1, 0.15) is 63.8 Å². The van der Waals surface area contributed by atoms with Gasteiger partial charge >= 0.3 is 0 Å². The van der Waals surface area contributed by atoms with Gasteiger partial charge < -0.3 is 9.80 Å². The van der Waals surface area contributed by atoms with Gasteiger partial charge in [0.1, 0.15) is 0 Å². The summed E-state index contributed by atoms with van der Waals surface area (Å²) >= 11 is 0. The number of benzene rings is 8. The van der Waals surface area contributed by atoms with Crippen LogP contribution in [0.2, 0.25) is 39.3 Å². The Bertz CT molecular complexity index is 2750. The van der Waals surface area contributed by atoms with Crippen LogP contribution in [0.15, 0.2) is 170 Å². The van der Waals surface area contributed by atoms with Gasteiger partial charge in [0.25, 0.3) is 0 Å². The fourth-order valence-electron chi connectivity index (χ4n) is 11.1. The third-order valence-electron chi connectivity index (χ3n) is 13.8. The van der Waals surface area contributed by atoms with Crippen LogP contribution in [-0.4, -0.2) is 16.1 Å². The number of nitrogens with zero attached hydrogens (tertiary/aromatic N) is 2. The van der Waals surface area contributed by atoms with Gasteiger partial charge in [0.05, 0.1) is 16.1 Å². The Kier molecular flexibility index (Phi) is 10.3. The van der Waals surface area contributed by atoms with Gasteiger partial charge in [-0.05, 0) is 151 Å². The largest absolute Gasteiger partial charge is 0.310 e. The molecule has 0 unspecified atom stereocenters. The first-order valence-electron chi connectivity index (χ1n) is 22.8. The Hall–Kier alpha value is -5.69. The van der Waals surface area contributed by atoms with Crippen molar-refractivity contribution in [2.24, 2.45) is 0 Å². The minimum absolute atomic E-state index is 0.0110. The van der Waals surface area contributed by atoms with Crippen LogP contribution >= 0.6 is 0 Å². The van der Waals surface area contributed by atoms with Crippen molar-refractivity contribution in [3.05, 3.63) is 192 Å². The van der Waals surface area contributed by atoms with Crippen LogP contribution < -0.4 is 9.80 Å². The van der Waals surface area contributed by atoms with Crippen LogP contribution in [0.25, 0.3) is 32.7 Å². The van der Waals surface area contributed by atoms with Crippen molar-refractivity contribution in [1.29, 1.82) is 0 Å². The molecule has 8 aromatic rings. The summed E-state index contributed by atoms with van der Waals surface area (Å²) < 4.78 is -0.0110. The summed E-state index contributed by atoms with van der Waals surface area (Å²) in [6, 6.07) is 64.5. The Morgan fingerprint density at radius 1 is 0.333 bits per heavy atom. The lowest BCUT2D eigenvalue weighted by atomic mass is 9.87. The second-order valence-electron chi connectivity index (χ2n) is 22.0. The van der Waals surface area contributed by atoms with E-state index >= 15 is 0 Å². The smallest absolute Gasteiger partial charge is 0.0579 e. The molecule has 0 atom stereocenters. The van der Waals surface area contributed by atoms with Gasteiger partial charge in [0.2, 0.25) is 0 Å². The Morgan fingerprint density at radius 2 is 0.651 bits per heavy atom. The minimum atomic E-state index is -1.97. The van der Waals surface area contributed by atoms with E-state index in [1.807, 2.05) is 0 Å². The summed E-state index contributed by atoms with van der Waals surface area (Å²) in [5.41, 5.74) is 15.8. The van der Waals surface area contributed by atoms with E-state index in [0.717, 1.165) is 11.4 Å². The highest BCUT2D eigenvalue weighted by Crippen LogP contribution is 2.59. The number of hydrogen-bond acceptors (Lipinski definition) is 2. The van der Waals surface area contributed by atoms with Gasteiger partial charge in [-0.3, -0.25) is 0 Å². The molecule has 1 aliphatic rings. The molecule has 0 saturated heterocycles. The number of fused-ring (bicyclic) bond motifs is 5. The van der Waals surface area contributed by atoms with Crippen molar-refractivity contribution in [1.82, 2.24) is 0 Å². The lowest BCUT2D eigenvalue weighted by Gasteiger charge is -2.51. The molecular weight excluding hydrogens is 793 g/mol. The van der Waals surface area contributed by atoms with Crippen LogP contribution in [0, 0.1) is 0 Å². The molecule has 318 valence electrons. The van der Waals surface area contributed by atoms with Crippen LogP contribution in [0.4, 0.5) is 34.1 Å². The van der Waals surface area contributed by atoms with Crippen molar-refractivity contribution >= 4 is 71.8 Å². The van der Waals surface area contributed by atoms with E-state index in [1.54, 1.807) is 11.1 Å². The monoisotopic (exact) mass is 856 g/mol. The third kappa shape index (κ3) is 7.35. The molecule has 0 N–H and O–H groups in total. The van der Waals surface area contributed by atoms with Crippen LogP contribution in [-0.2, 0) is 15.5 Å². The number of anilines is 6. The first-order valence-corrected chi connectivity index (χ1v) is 29.8. The van der Waals surface area contributed by atoms with Crippen LogP contribution in [0.3, 0.4) is 0 Å². The highest BCUT2D eigenvalue weighted by molar-refractivity contribution is 6.99. The predicted molar refractivity (Wildman–Crippen MR) is 281 cm³/mol. The van der Waals surface area contributed by atoms with E-state index in [4.69, 9.17) is 0 Å². The normalized spacial score (nSPS) is 13.8. The topological polar surface area (TPSA) is 6.48 Å². The molecule has 4 heteroatoms. The summed E-state index contributed by atoms with van der Waals surface area (Å²) in [4.78, 5) is 4.83. The summed E-state index contributed by atoms with van der Waals surface area (Å²) in [5, 5.41) is 5.17. The van der Waals surface area contributed by atoms with Crippen molar-refractivity contribution in [3.8, 4) is 11.1 Å². The molecule has 0 fully saturated rings. The van der Waals surface area contributed by atoms with Gasteiger partial charge in [0.15, 0.2) is 0 Å². The minimum Gasteiger partial charge on any atom is -0.310 e. The standard InChI is InChI=1S/C59H64N2Si2/c1-57(2,3)45-25-31-49(32-26-45)60(47-19-15-13-16-20-47)51-29-23-41-37-53-54-38-42-24-30-52(61(48-21-17-14-18-22-48)50-33-27-46(28-34-50)58(4,5)6)36-44(42)40-56(54)59(62(7,8)9,63(10,11)12)55(53)39-43(41)35-51/h13-40H,1-12H3. The Labute approximate surface area is 379 Å². The second kappa shape index (κ2) is 15.2. The van der Waals surface area contributed by atoms with Gasteiger partial charge in [0, 0.05) is 38.8 Å². The fraction of sp³-hybridized carbons (Fsp3) is 0.254. The molecule has 0 amide bonds. The molecule has 0 saturated carbocycles. The molecule has 1 aliphatic carbocycles. The van der Waals surface area contributed by atoms with Crippen molar-refractivity contribution < 1.29 is 0 Å². The van der Waals surface area contributed by atoms with Gasteiger partial charge in [-0.25, -0.2) is 0 Å². The molecule has 9 rings (SSSR count). The summed E-state index contributed by atoms with van der Waals surface area (Å²) in [6.07, 6.45) is 0. The fourth-order valence-corrected chi connectivity index (χ4v) is 24.1. The lowest BCUT2D eigenvalue weighted by molar-refractivity contribution is 0.590. The van der Waals surface area contributed by atoms with E-state index in [1.165, 1.54) is 66.5 Å². The summed E-state index contributed by atoms with van der Waals surface area (Å²) in [6.45, 7) is 29.5. The van der Waals surface area contributed by atoms with E-state index in [-0.39, 0.29) is 15.5 Å². The average molecular weight is 857 g/mol. The number of rotatable bonds is 8. The van der Waals surface area contributed by atoms with Crippen LogP contribution in [0.5, 0.6) is 0 Å². The first kappa shape index (κ1) is 42.6. The molecule has 0 radical (unpaired) electrons. The maximum atomic E-state index is 2.63. The number of para-hydroxylation sites is 2. The van der Waals surface area contributed by atoms with Crippen molar-refractivity contribution in [3.63, 3.8) is 0 Å². The average Bonchev–Trinajstić information content (AvgIpc) is 3.52. The molecule has 0 aliphatic heterocycles.